The highest BCUT2D eigenvalue weighted by Crippen LogP contribution is 2.30. The lowest BCUT2D eigenvalue weighted by Gasteiger charge is -2.08. The smallest absolute Gasteiger partial charge is 0.219 e. The van der Waals surface area contributed by atoms with E-state index in [-0.39, 0.29) is 11.9 Å². The number of pyridine rings is 1. The van der Waals surface area contributed by atoms with Crippen molar-refractivity contribution in [2.45, 2.75) is 19.9 Å². The maximum atomic E-state index is 10.9. The lowest BCUT2D eigenvalue weighted by atomic mass is 10.2. The Morgan fingerprint density at radius 1 is 1.30 bits per heavy atom. The van der Waals surface area contributed by atoms with E-state index in [9.17, 15) is 4.79 Å². The molecule has 2 aromatic rings. The summed E-state index contributed by atoms with van der Waals surface area (Å²) in [6.07, 6.45) is 5.44. The van der Waals surface area contributed by atoms with Crippen LogP contribution in [0.2, 0.25) is 10.0 Å². The second-order valence-corrected chi connectivity index (χ2v) is 5.80. The molecule has 6 heteroatoms. The molecule has 0 spiro atoms. The first-order valence-corrected chi connectivity index (χ1v) is 7.74. The minimum atomic E-state index is -0.0659. The van der Waals surface area contributed by atoms with Gasteiger partial charge in [-0.25, -0.2) is 4.98 Å². The average molecular weight is 351 g/mol. The first-order chi connectivity index (χ1) is 10.9. The Hall–Kier alpha value is -2.04. The number of hydrogen-bond donors (Lipinski definition) is 1. The van der Waals surface area contributed by atoms with Crippen molar-refractivity contribution in [3.8, 4) is 11.6 Å². The van der Waals surface area contributed by atoms with E-state index in [4.69, 9.17) is 27.9 Å². The number of nitrogens with zero attached hydrogens (tertiary/aromatic N) is 1. The predicted molar refractivity (Wildman–Crippen MR) is 93.1 cm³/mol. The summed E-state index contributed by atoms with van der Waals surface area (Å²) < 4.78 is 5.61. The Labute approximate surface area is 145 Å². The van der Waals surface area contributed by atoms with Gasteiger partial charge in [-0.1, -0.05) is 35.4 Å². The Morgan fingerprint density at radius 3 is 2.70 bits per heavy atom. The number of halogens is 2. The third kappa shape index (κ3) is 5.58. The van der Waals surface area contributed by atoms with Crippen LogP contribution in [-0.2, 0) is 4.79 Å². The van der Waals surface area contributed by atoms with Crippen molar-refractivity contribution in [1.29, 1.82) is 0 Å². The van der Waals surface area contributed by atoms with Crippen molar-refractivity contribution >= 4 is 35.2 Å². The highest BCUT2D eigenvalue weighted by atomic mass is 35.5. The van der Waals surface area contributed by atoms with Gasteiger partial charge in [0.15, 0.2) is 0 Å². The van der Waals surface area contributed by atoms with Gasteiger partial charge in [0.2, 0.25) is 11.8 Å². The van der Waals surface area contributed by atoms with Crippen molar-refractivity contribution < 1.29 is 9.53 Å². The molecule has 0 fully saturated rings. The zero-order valence-corrected chi connectivity index (χ0v) is 14.2. The summed E-state index contributed by atoms with van der Waals surface area (Å²) >= 11 is 11.9. The molecule has 1 heterocycles. The van der Waals surface area contributed by atoms with Gasteiger partial charge < -0.3 is 10.1 Å². The van der Waals surface area contributed by atoms with Gasteiger partial charge >= 0.3 is 0 Å². The lowest BCUT2D eigenvalue weighted by molar-refractivity contribution is -0.119. The van der Waals surface area contributed by atoms with Gasteiger partial charge in [-0.2, -0.15) is 0 Å². The molecule has 2 rings (SSSR count). The van der Waals surface area contributed by atoms with E-state index in [2.05, 4.69) is 10.3 Å². The molecule has 0 saturated heterocycles. The van der Waals surface area contributed by atoms with Crippen LogP contribution in [0.5, 0.6) is 11.6 Å². The zero-order chi connectivity index (χ0) is 16.8. The van der Waals surface area contributed by atoms with Crippen LogP contribution in [0.3, 0.4) is 0 Å². The Morgan fingerprint density at radius 2 is 2.09 bits per heavy atom. The van der Waals surface area contributed by atoms with Crippen molar-refractivity contribution in [1.82, 2.24) is 10.3 Å². The zero-order valence-electron chi connectivity index (χ0n) is 12.7. The number of amides is 1. The van der Waals surface area contributed by atoms with Crippen molar-refractivity contribution in [3.63, 3.8) is 0 Å². The van der Waals surface area contributed by atoms with Gasteiger partial charge in [-0.3, -0.25) is 4.79 Å². The van der Waals surface area contributed by atoms with E-state index in [0.29, 0.717) is 21.7 Å². The molecule has 1 N–H and O–H groups in total. The van der Waals surface area contributed by atoms with Gasteiger partial charge in [0, 0.05) is 30.3 Å². The summed E-state index contributed by atoms with van der Waals surface area (Å²) in [5.74, 6) is 0.858. The summed E-state index contributed by atoms with van der Waals surface area (Å²) in [5.41, 5.74) is 0.900. The summed E-state index contributed by atoms with van der Waals surface area (Å²) in [5, 5.41) is 3.74. The SMILES string of the molecule is CC(=O)N[C@@H](C)C=Cc1ccc(Oc2ccc(Cl)cc2Cl)nc1. The van der Waals surface area contributed by atoms with E-state index < -0.39 is 0 Å². The van der Waals surface area contributed by atoms with Crippen LogP contribution < -0.4 is 10.1 Å². The number of carbonyl (C=O) groups is 1. The number of nitrogens with one attached hydrogen (secondary N) is 1. The fourth-order valence-electron chi connectivity index (χ4n) is 1.85. The largest absolute Gasteiger partial charge is 0.437 e. The standard InChI is InChI=1S/C17H16Cl2N2O2/c1-11(21-12(2)22)3-4-13-5-8-17(20-10-13)23-16-7-6-14(18)9-15(16)19/h3-11H,1-2H3,(H,21,22)/t11-/m0/s1. The van der Waals surface area contributed by atoms with Crippen LogP contribution in [0.4, 0.5) is 0 Å². The van der Waals surface area contributed by atoms with Gasteiger partial charge in [0.25, 0.3) is 0 Å². The summed E-state index contributed by atoms with van der Waals surface area (Å²) in [6.45, 7) is 3.38. The van der Waals surface area contributed by atoms with E-state index in [1.165, 1.54) is 6.92 Å². The highest BCUT2D eigenvalue weighted by molar-refractivity contribution is 6.35. The highest BCUT2D eigenvalue weighted by Gasteiger charge is 2.05. The van der Waals surface area contributed by atoms with E-state index >= 15 is 0 Å². The van der Waals surface area contributed by atoms with Gasteiger partial charge in [0.05, 0.1) is 5.02 Å². The molecular weight excluding hydrogens is 335 g/mol. The minimum absolute atomic E-state index is 0.0451. The fraction of sp³-hybridized carbons (Fsp3) is 0.176. The monoisotopic (exact) mass is 350 g/mol. The molecule has 0 aliphatic rings. The summed E-state index contributed by atoms with van der Waals surface area (Å²) in [6, 6.07) is 8.56. The van der Waals surface area contributed by atoms with E-state index in [1.807, 2.05) is 25.1 Å². The van der Waals surface area contributed by atoms with Crippen LogP contribution in [0.15, 0.2) is 42.6 Å². The lowest BCUT2D eigenvalue weighted by Crippen LogP contribution is -2.28. The maximum Gasteiger partial charge on any atom is 0.219 e. The number of carbonyl (C=O) groups excluding carboxylic acids is 1. The Balaban J connectivity index is 2.02. The van der Waals surface area contributed by atoms with Crippen molar-refractivity contribution in [3.05, 3.63) is 58.2 Å². The molecule has 1 atom stereocenters. The summed E-state index contributed by atoms with van der Waals surface area (Å²) in [7, 11) is 0. The quantitative estimate of drug-likeness (QED) is 0.848. The summed E-state index contributed by atoms with van der Waals surface area (Å²) in [4.78, 5) is 15.2. The van der Waals surface area contributed by atoms with Crippen LogP contribution in [0.1, 0.15) is 19.4 Å². The van der Waals surface area contributed by atoms with Crippen LogP contribution in [-0.4, -0.2) is 16.9 Å². The molecule has 0 saturated carbocycles. The molecule has 0 bridgehead atoms. The molecular formula is C17H16Cl2N2O2. The van der Waals surface area contributed by atoms with Crippen molar-refractivity contribution in [2.75, 3.05) is 0 Å². The molecule has 0 aliphatic carbocycles. The van der Waals surface area contributed by atoms with E-state index in [0.717, 1.165) is 5.56 Å². The van der Waals surface area contributed by atoms with Crippen molar-refractivity contribution in [2.24, 2.45) is 0 Å². The third-order valence-corrected chi connectivity index (χ3v) is 3.41. The second-order valence-electron chi connectivity index (χ2n) is 4.95. The van der Waals surface area contributed by atoms with Crippen LogP contribution >= 0.6 is 23.2 Å². The van der Waals surface area contributed by atoms with E-state index in [1.54, 1.807) is 30.5 Å². The molecule has 1 aromatic heterocycles. The Bertz CT molecular complexity index is 715. The molecule has 120 valence electrons. The number of benzene rings is 1. The molecule has 1 aromatic carbocycles. The van der Waals surface area contributed by atoms with Gasteiger partial charge in [0.1, 0.15) is 5.75 Å². The molecule has 0 aliphatic heterocycles. The first kappa shape index (κ1) is 17.3. The predicted octanol–water partition coefficient (Wildman–Crippen LogP) is 4.72. The number of hydrogen-bond acceptors (Lipinski definition) is 3. The third-order valence-electron chi connectivity index (χ3n) is 2.88. The molecule has 23 heavy (non-hydrogen) atoms. The average Bonchev–Trinajstić information content (AvgIpc) is 2.49. The number of rotatable bonds is 5. The minimum Gasteiger partial charge on any atom is -0.437 e. The van der Waals surface area contributed by atoms with Crippen LogP contribution in [0.25, 0.3) is 6.08 Å². The topological polar surface area (TPSA) is 51.2 Å². The Kier molecular flexibility index (Phi) is 6.02. The molecule has 0 unspecified atom stereocenters. The first-order valence-electron chi connectivity index (χ1n) is 6.98. The molecule has 0 radical (unpaired) electrons. The van der Waals surface area contributed by atoms with Gasteiger partial charge in [-0.05, 0) is 36.8 Å². The number of ether oxygens (including phenoxy) is 1. The molecule has 4 nitrogen and oxygen atoms in total. The molecule has 1 amide bonds. The fourth-order valence-corrected chi connectivity index (χ4v) is 2.29. The van der Waals surface area contributed by atoms with Gasteiger partial charge in [-0.15, -0.1) is 0 Å². The normalized spacial score (nSPS) is 12.2. The second kappa shape index (κ2) is 7.99. The maximum absolute atomic E-state index is 10.9. The van der Waals surface area contributed by atoms with Crippen LogP contribution in [0, 0.1) is 0 Å². The number of aromatic nitrogens is 1.